The van der Waals surface area contributed by atoms with Crippen molar-refractivity contribution in [3.63, 3.8) is 0 Å². The average molecular weight is 493 g/mol. The lowest BCUT2D eigenvalue weighted by Crippen LogP contribution is -2.43. The Morgan fingerprint density at radius 2 is 2.08 bits per heavy atom. The van der Waals surface area contributed by atoms with Gasteiger partial charge in [0.2, 0.25) is 10.0 Å². The van der Waals surface area contributed by atoms with Gasteiger partial charge in [-0.05, 0) is 36.8 Å². The second kappa shape index (κ2) is 9.32. The molecule has 7 nitrogen and oxygen atoms in total. The molecule has 0 bridgehead atoms. The first-order chi connectivity index (χ1) is 12.0. The van der Waals surface area contributed by atoms with E-state index in [0.29, 0.717) is 18.5 Å². The maximum atomic E-state index is 12.2. The Balaban J connectivity index is 0.00000243. The van der Waals surface area contributed by atoms with Crippen LogP contribution >= 0.6 is 24.0 Å². The maximum absolute atomic E-state index is 12.2. The van der Waals surface area contributed by atoms with Gasteiger partial charge in [-0.1, -0.05) is 12.8 Å². The minimum absolute atomic E-state index is 0. The van der Waals surface area contributed by atoms with Gasteiger partial charge in [-0.2, -0.15) is 0 Å². The molecular weight excluding hydrogens is 465 g/mol. The Morgan fingerprint density at radius 3 is 2.73 bits per heavy atom. The van der Waals surface area contributed by atoms with Crippen molar-refractivity contribution in [2.24, 2.45) is 10.4 Å². The van der Waals surface area contributed by atoms with Gasteiger partial charge < -0.3 is 10.2 Å². The fraction of sp³-hybridized carbons (Fsp3) is 0.647. The highest BCUT2D eigenvalue weighted by molar-refractivity contribution is 14.0. The molecule has 1 aliphatic carbocycles. The van der Waals surface area contributed by atoms with Crippen molar-refractivity contribution in [2.45, 2.75) is 37.0 Å². The summed E-state index contributed by atoms with van der Waals surface area (Å²) in [6.45, 7) is 2.89. The van der Waals surface area contributed by atoms with E-state index in [0.717, 1.165) is 19.0 Å². The van der Waals surface area contributed by atoms with E-state index in [2.05, 4.69) is 24.9 Å². The Labute approximate surface area is 173 Å². The molecule has 2 heterocycles. The zero-order valence-corrected chi connectivity index (χ0v) is 18.3. The molecule has 1 saturated carbocycles. The Hall–Kier alpha value is -0.940. The predicted molar refractivity (Wildman–Crippen MR) is 113 cm³/mol. The minimum atomic E-state index is -3.51. The molecule has 0 radical (unpaired) electrons. The molecular formula is C17H28IN5O2S. The topological polar surface area (TPSA) is 86.7 Å². The summed E-state index contributed by atoms with van der Waals surface area (Å²) in [6, 6.07) is 3.15. The maximum Gasteiger partial charge on any atom is 0.242 e. The quantitative estimate of drug-likeness (QED) is 0.283. The van der Waals surface area contributed by atoms with Crippen molar-refractivity contribution in [3.8, 4) is 0 Å². The lowest BCUT2D eigenvalue weighted by atomic mass is 9.86. The van der Waals surface area contributed by atoms with Crippen molar-refractivity contribution >= 4 is 40.0 Å². The molecule has 146 valence electrons. The number of pyridine rings is 1. The van der Waals surface area contributed by atoms with Gasteiger partial charge in [0.05, 0.1) is 0 Å². The van der Waals surface area contributed by atoms with E-state index in [-0.39, 0.29) is 28.9 Å². The van der Waals surface area contributed by atoms with Crippen LogP contribution in [-0.2, 0) is 10.0 Å². The average Bonchev–Trinajstić information content (AvgIpc) is 3.26. The van der Waals surface area contributed by atoms with Gasteiger partial charge in [0, 0.05) is 45.6 Å². The van der Waals surface area contributed by atoms with Gasteiger partial charge in [-0.15, -0.1) is 24.0 Å². The fourth-order valence-corrected chi connectivity index (χ4v) is 4.93. The van der Waals surface area contributed by atoms with Crippen LogP contribution in [0.25, 0.3) is 0 Å². The highest BCUT2D eigenvalue weighted by Crippen LogP contribution is 2.45. The van der Waals surface area contributed by atoms with E-state index in [1.54, 1.807) is 19.3 Å². The highest BCUT2D eigenvalue weighted by Gasteiger charge is 2.41. The summed E-state index contributed by atoms with van der Waals surface area (Å²) < 4.78 is 26.9. The van der Waals surface area contributed by atoms with Gasteiger partial charge in [0.1, 0.15) is 4.90 Å². The van der Waals surface area contributed by atoms with E-state index in [9.17, 15) is 8.42 Å². The number of likely N-dealkylation sites (tertiary alicyclic amines) is 1. The van der Waals surface area contributed by atoms with Crippen LogP contribution in [0.15, 0.2) is 34.4 Å². The number of guanidine groups is 1. The predicted octanol–water partition coefficient (Wildman–Crippen LogP) is 1.82. The molecule has 0 atom stereocenters. The minimum Gasteiger partial charge on any atom is -0.355 e. The number of aromatic nitrogens is 1. The first kappa shape index (κ1) is 21.4. The van der Waals surface area contributed by atoms with Crippen molar-refractivity contribution < 1.29 is 8.42 Å². The van der Waals surface area contributed by atoms with Gasteiger partial charge in [0.25, 0.3) is 0 Å². The molecule has 0 unspecified atom stereocenters. The van der Waals surface area contributed by atoms with Crippen LogP contribution in [-0.4, -0.2) is 57.5 Å². The monoisotopic (exact) mass is 493 g/mol. The van der Waals surface area contributed by atoms with Crippen LogP contribution in [0.4, 0.5) is 0 Å². The van der Waals surface area contributed by atoms with E-state index in [1.807, 2.05) is 0 Å². The second-order valence-corrected chi connectivity index (χ2v) is 8.71. The lowest BCUT2D eigenvalue weighted by Gasteiger charge is -2.25. The van der Waals surface area contributed by atoms with E-state index >= 15 is 0 Å². The van der Waals surface area contributed by atoms with Crippen LogP contribution in [0.3, 0.4) is 0 Å². The molecule has 26 heavy (non-hydrogen) atoms. The second-order valence-electron chi connectivity index (χ2n) is 6.94. The van der Waals surface area contributed by atoms with Crippen LogP contribution < -0.4 is 10.0 Å². The van der Waals surface area contributed by atoms with Crippen molar-refractivity contribution in [3.05, 3.63) is 24.5 Å². The summed E-state index contributed by atoms with van der Waals surface area (Å²) in [6.07, 6.45) is 9.47. The first-order valence-electron chi connectivity index (χ1n) is 8.90. The normalized spacial score (nSPS) is 19.6. The molecule has 3 rings (SSSR count). The van der Waals surface area contributed by atoms with Gasteiger partial charge in [-0.25, -0.2) is 13.1 Å². The van der Waals surface area contributed by atoms with Crippen molar-refractivity contribution in [1.29, 1.82) is 0 Å². The van der Waals surface area contributed by atoms with Gasteiger partial charge >= 0.3 is 0 Å². The molecule has 2 aliphatic rings. The fourth-order valence-electron chi connectivity index (χ4n) is 3.93. The number of hydrogen-bond acceptors (Lipinski definition) is 4. The first-order valence-corrected chi connectivity index (χ1v) is 10.4. The third kappa shape index (κ3) is 5.07. The number of rotatable bonds is 5. The van der Waals surface area contributed by atoms with E-state index < -0.39 is 10.0 Å². The summed E-state index contributed by atoms with van der Waals surface area (Å²) in [5.41, 5.74) is 0.486. The van der Waals surface area contributed by atoms with Crippen molar-refractivity contribution in [1.82, 2.24) is 19.9 Å². The molecule has 2 N–H and O–H groups in total. The Morgan fingerprint density at radius 1 is 1.31 bits per heavy atom. The summed E-state index contributed by atoms with van der Waals surface area (Å²) >= 11 is 0. The summed E-state index contributed by atoms with van der Waals surface area (Å²) in [5, 5.41) is 3.28. The van der Waals surface area contributed by atoms with Crippen LogP contribution in [0, 0.1) is 5.41 Å². The molecule has 2 fully saturated rings. The number of sulfonamides is 1. The van der Waals surface area contributed by atoms with E-state index in [4.69, 9.17) is 0 Å². The number of nitrogens with one attached hydrogen (secondary N) is 2. The summed E-state index contributed by atoms with van der Waals surface area (Å²) in [5.74, 6) is 0.865. The Kier molecular flexibility index (Phi) is 7.65. The smallest absolute Gasteiger partial charge is 0.242 e. The zero-order valence-electron chi connectivity index (χ0n) is 15.1. The molecule has 0 aromatic carbocycles. The largest absolute Gasteiger partial charge is 0.355 e. The van der Waals surface area contributed by atoms with Gasteiger partial charge in [-0.3, -0.25) is 9.98 Å². The summed E-state index contributed by atoms with van der Waals surface area (Å²) in [4.78, 5) is 10.7. The van der Waals surface area contributed by atoms with Crippen LogP contribution in [0.1, 0.15) is 32.1 Å². The number of aliphatic imine (C=N–C) groups is 1. The lowest BCUT2D eigenvalue weighted by molar-refractivity contribution is 0.309. The van der Waals surface area contributed by atoms with Crippen LogP contribution in [0.2, 0.25) is 0 Å². The molecule has 1 spiro atoms. The molecule has 0 amide bonds. The molecule has 1 aromatic rings. The SMILES string of the molecule is CN=C(NCCNS(=O)(=O)c1cccnc1)N1CCC2(CCCC2)C1.I. The molecule has 1 aromatic heterocycles. The third-order valence-corrected chi connectivity index (χ3v) is 6.71. The third-order valence-electron chi connectivity index (χ3n) is 5.26. The highest BCUT2D eigenvalue weighted by atomic mass is 127. The number of hydrogen-bond donors (Lipinski definition) is 2. The molecule has 1 saturated heterocycles. The summed E-state index contributed by atoms with van der Waals surface area (Å²) in [7, 11) is -1.73. The van der Waals surface area contributed by atoms with Gasteiger partial charge in [0.15, 0.2) is 5.96 Å². The number of nitrogens with zero attached hydrogens (tertiary/aromatic N) is 3. The van der Waals surface area contributed by atoms with Crippen molar-refractivity contribution in [2.75, 3.05) is 33.2 Å². The zero-order chi connectivity index (χ0) is 17.8. The number of halogens is 1. The standard InChI is InChI=1S/C17H27N5O2S.HI/c1-18-16(22-12-8-17(14-22)6-2-3-7-17)20-10-11-21-25(23,24)15-5-4-9-19-13-15;/h4-5,9,13,21H,2-3,6-8,10-12,14H2,1H3,(H,18,20);1H. The Bertz CT molecular complexity index is 705. The molecule has 9 heteroatoms. The van der Waals surface area contributed by atoms with E-state index in [1.165, 1.54) is 44.4 Å². The van der Waals surface area contributed by atoms with Crippen LogP contribution in [0.5, 0.6) is 0 Å². The molecule has 1 aliphatic heterocycles.